The number of halogens is 1. The summed E-state index contributed by atoms with van der Waals surface area (Å²) in [6.07, 6.45) is 5.04. The highest BCUT2D eigenvalue weighted by molar-refractivity contribution is 6.29. The van der Waals surface area contributed by atoms with Gasteiger partial charge >= 0.3 is 0 Å². The first kappa shape index (κ1) is 14.5. The van der Waals surface area contributed by atoms with E-state index in [1.165, 1.54) is 25.7 Å². The molecule has 1 aromatic rings. The fourth-order valence-electron chi connectivity index (χ4n) is 2.61. The van der Waals surface area contributed by atoms with Crippen LogP contribution >= 0.6 is 11.6 Å². The molecular formula is C14H22ClN3O. The lowest BCUT2D eigenvalue weighted by atomic mass is 9.98. The predicted octanol–water partition coefficient (Wildman–Crippen LogP) is 3.29. The molecule has 1 aromatic heterocycles. The molecule has 2 heterocycles. The fourth-order valence-corrected chi connectivity index (χ4v) is 2.81. The second-order valence-corrected chi connectivity index (χ2v) is 5.48. The standard InChI is InChI=1S/C14H22ClN3O/c1-3-11-5-4-7-18(8-6-11)14-9-12(15)16-13(17-14)10-19-2/h9,11H,3-8,10H2,1-2H3. The molecule has 1 aliphatic rings. The molecule has 0 spiro atoms. The molecule has 0 aromatic carbocycles. The van der Waals surface area contributed by atoms with Gasteiger partial charge in [-0.25, -0.2) is 9.97 Å². The highest BCUT2D eigenvalue weighted by Crippen LogP contribution is 2.24. The lowest BCUT2D eigenvalue weighted by Gasteiger charge is -2.22. The molecule has 0 radical (unpaired) electrons. The van der Waals surface area contributed by atoms with Gasteiger partial charge in [-0.15, -0.1) is 0 Å². The van der Waals surface area contributed by atoms with Crippen molar-refractivity contribution in [3.05, 3.63) is 17.0 Å². The van der Waals surface area contributed by atoms with Gasteiger partial charge in [0.2, 0.25) is 0 Å². The van der Waals surface area contributed by atoms with Crippen LogP contribution in [-0.4, -0.2) is 30.2 Å². The number of anilines is 1. The lowest BCUT2D eigenvalue weighted by Crippen LogP contribution is -2.25. The van der Waals surface area contributed by atoms with Gasteiger partial charge in [-0.2, -0.15) is 0 Å². The maximum atomic E-state index is 6.07. The molecular weight excluding hydrogens is 262 g/mol. The normalized spacial score (nSPS) is 20.4. The van der Waals surface area contributed by atoms with Crippen LogP contribution in [0, 0.1) is 5.92 Å². The number of rotatable bonds is 4. The summed E-state index contributed by atoms with van der Waals surface area (Å²) in [6.45, 7) is 4.78. The fraction of sp³-hybridized carbons (Fsp3) is 0.714. The minimum Gasteiger partial charge on any atom is -0.377 e. The van der Waals surface area contributed by atoms with Crippen LogP contribution in [0.3, 0.4) is 0 Å². The smallest absolute Gasteiger partial charge is 0.158 e. The number of hydrogen-bond acceptors (Lipinski definition) is 4. The van der Waals surface area contributed by atoms with E-state index < -0.39 is 0 Å². The Bertz CT molecular complexity index is 414. The number of ether oxygens (including phenoxy) is 1. The maximum Gasteiger partial charge on any atom is 0.158 e. The Morgan fingerprint density at radius 2 is 2.21 bits per heavy atom. The molecule has 0 bridgehead atoms. The Hall–Kier alpha value is -0.870. The van der Waals surface area contributed by atoms with Gasteiger partial charge in [0.15, 0.2) is 5.82 Å². The first-order valence-corrected chi connectivity index (χ1v) is 7.38. The van der Waals surface area contributed by atoms with Crippen molar-refractivity contribution in [1.82, 2.24) is 9.97 Å². The van der Waals surface area contributed by atoms with Gasteiger partial charge in [0.05, 0.1) is 0 Å². The zero-order chi connectivity index (χ0) is 13.7. The van der Waals surface area contributed by atoms with E-state index in [0.29, 0.717) is 17.6 Å². The van der Waals surface area contributed by atoms with Gasteiger partial charge in [-0.05, 0) is 25.2 Å². The van der Waals surface area contributed by atoms with Gasteiger partial charge < -0.3 is 9.64 Å². The van der Waals surface area contributed by atoms with Crippen LogP contribution in [0.15, 0.2) is 6.07 Å². The highest BCUT2D eigenvalue weighted by Gasteiger charge is 2.17. The van der Waals surface area contributed by atoms with Crippen LogP contribution in [0.1, 0.15) is 38.4 Å². The number of methoxy groups -OCH3 is 1. The largest absolute Gasteiger partial charge is 0.377 e. The molecule has 0 N–H and O–H groups in total. The van der Waals surface area contributed by atoms with Gasteiger partial charge in [-0.1, -0.05) is 24.9 Å². The van der Waals surface area contributed by atoms with E-state index in [2.05, 4.69) is 21.8 Å². The zero-order valence-corrected chi connectivity index (χ0v) is 12.5. The van der Waals surface area contributed by atoms with Gasteiger partial charge in [0.25, 0.3) is 0 Å². The van der Waals surface area contributed by atoms with Crippen LogP contribution in [-0.2, 0) is 11.3 Å². The van der Waals surface area contributed by atoms with E-state index in [1.54, 1.807) is 7.11 Å². The molecule has 106 valence electrons. The van der Waals surface area contributed by atoms with Crippen molar-refractivity contribution >= 4 is 17.4 Å². The molecule has 2 rings (SSSR count). The highest BCUT2D eigenvalue weighted by atomic mass is 35.5. The molecule has 0 aliphatic carbocycles. The monoisotopic (exact) mass is 283 g/mol. The minimum atomic E-state index is 0.402. The van der Waals surface area contributed by atoms with Crippen molar-refractivity contribution in [3.63, 3.8) is 0 Å². The van der Waals surface area contributed by atoms with Crippen molar-refractivity contribution in [2.45, 2.75) is 39.2 Å². The molecule has 4 nitrogen and oxygen atoms in total. The Balaban J connectivity index is 2.12. The second kappa shape index (κ2) is 7.06. The summed E-state index contributed by atoms with van der Waals surface area (Å²) in [5.41, 5.74) is 0. The van der Waals surface area contributed by atoms with Crippen LogP contribution in [0.5, 0.6) is 0 Å². The zero-order valence-electron chi connectivity index (χ0n) is 11.7. The van der Waals surface area contributed by atoms with E-state index in [0.717, 1.165) is 24.8 Å². The Labute approximate surface area is 120 Å². The summed E-state index contributed by atoms with van der Waals surface area (Å²) in [4.78, 5) is 11.0. The van der Waals surface area contributed by atoms with E-state index in [1.807, 2.05) is 6.07 Å². The summed E-state index contributed by atoms with van der Waals surface area (Å²) < 4.78 is 5.08. The van der Waals surface area contributed by atoms with Crippen molar-refractivity contribution in [1.29, 1.82) is 0 Å². The maximum absolute atomic E-state index is 6.07. The quantitative estimate of drug-likeness (QED) is 0.795. The van der Waals surface area contributed by atoms with Crippen LogP contribution < -0.4 is 4.90 Å². The third-order valence-electron chi connectivity index (χ3n) is 3.75. The molecule has 1 fully saturated rings. The second-order valence-electron chi connectivity index (χ2n) is 5.09. The first-order chi connectivity index (χ1) is 9.22. The van der Waals surface area contributed by atoms with E-state index in [9.17, 15) is 0 Å². The first-order valence-electron chi connectivity index (χ1n) is 7.00. The van der Waals surface area contributed by atoms with Crippen molar-refractivity contribution in [2.75, 3.05) is 25.1 Å². The third kappa shape index (κ3) is 4.05. The topological polar surface area (TPSA) is 38.2 Å². The molecule has 0 saturated carbocycles. The average molecular weight is 284 g/mol. The molecule has 5 heteroatoms. The lowest BCUT2D eigenvalue weighted by molar-refractivity contribution is 0.178. The summed E-state index contributed by atoms with van der Waals surface area (Å²) in [7, 11) is 1.64. The van der Waals surface area contributed by atoms with Crippen molar-refractivity contribution < 1.29 is 4.74 Å². The van der Waals surface area contributed by atoms with E-state index >= 15 is 0 Å². The molecule has 1 atom stereocenters. The number of hydrogen-bond donors (Lipinski definition) is 0. The molecule has 1 aliphatic heterocycles. The minimum absolute atomic E-state index is 0.402. The van der Waals surface area contributed by atoms with Crippen LogP contribution in [0.2, 0.25) is 5.15 Å². The Kier molecular flexibility index (Phi) is 5.40. The molecule has 0 amide bonds. The number of aromatic nitrogens is 2. The van der Waals surface area contributed by atoms with Gasteiger partial charge in [0, 0.05) is 26.3 Å². The van der Waals surface area contributed by atoms with E-state index in [-0.39, 0.29) is 0 Å². The molecule has 1 saturated heterocycles. The molecule has 19 heavy (non-hydrogen) atoms. The van der Waals surface area contributed by atoms with Gasteiger partial charge in [-0.3, -0.25) is 0 Å². The molecule has 1 unspecified atom stereocenters. The van der Waals surface area contributed by atoms with Crippen LogP contribution in [0.25, 0.3) is 0 Å². The Morgan fingerprint density at radius 3 is 2.95 bits per heavy atom. The van der Waals surface area contributed by atoms with Gasteiger partial charge in [0.1, 0.15) is 17.6 Å². The summed E-state index contributed by atoms with van der Waals surface area (Å²) in [5, 5.41) is 0.494. The average Bonchev–Trinajstić information content (AvgIpc) is 2.63. The summed E-state index contributed by atoms with van der Waals surface area (Å²) >= 11 is 6.07. The summed E-state index contributed by atoms with van der Waals surface area (Å²) in [6, 6.07) is 1.85. The van der Waals surface area contributed by atoms with Crippen molar-refractivity contribution in [3.8, 4) is 0 Å². The van der Waals surface area contributed by atoms with Crippen molar-refractivity contribution in [2.24, 2.45) is 5.92 Å². The SMILES string of the molecule is CCC1CCCN(c2cc(Cl)nc(COC)n2)CC1. The predicted molar refractivity (Wildman–Crippen MR) is 77.6 cm³/mol. The van der Waals surface area contributed by atoms with E-state index in [4.69, 9.17) is 16.3 Å². The van der Waals surface area contributed by atoms with Crippen LogP contribution in [0.4, 0.5) is 5.82 Å². The summed E-state index contributed by atoms with van der Waals surface area (Å²) in [5.74, 6) is 2.44. The third-order valence-corrected chi connectivity index (χ3v) is 3.94. The Morgan fingerprint density at radius 1 is 1.37 bits per heavy atom. The number of nitrogens with zero attached hydrogens (tertiary/aromatic N) is 3.